The van der Waals surface area contributed by atoms with Gasteiger partial charge < -0.3 is 31.5 Å². The molecular formula is C8H16N2O6. The maximum Gasteiger partial charge on any atom is 0.335 e. The summed E-state index contributed by atoms with van der Waals surface area (Å²) >= 11 is 0. The van der Waals surface area contributed by atoms with Gasteiger partial charge in [0.05, 0.1) is 0 Å². The lowest BCUT2D eigenvalue weighted by atomic mass is 10.2. The number of hydrogen-bond acceptors (Lipinski definition) is 6. The minimum atomic E-state index is -2.27. The Hall–Kier alpha value is -1.22. The van der Waals surface area contributed by atoms with Gasteiger partial charge in [0.15, 0.2) is 12.2 Å². The second-order valence-electron chi connectivity index (χ2n) is 3.32. The molecular weight excluding hydrogens is 220 g/mol. The molecule has 0 aliphatic carbocycles. The Kier molecular flexibility index (Phi) is 6.58. The lowest BCUT2D eigenvalue weighted by Gasteiger charge is -2.07. The van der Waals surface area contributed by atoms with Crippen molar-refractivity contribution in [3.05, 3.63) is 0 Å². The van der Waals surface area contributed by atoms with Gasteiger partial charge in [0.25, 0.3) is 0 Å². The average Bonchev–Trinajstić information content (AvgIpc) is 2.67. The lowest BCUT2D eigenvalue weighted by molar-refractivity contribution is -0.165. The Labute approximate surface area is 91.7 Å². The smallest absolute Gasteiger partial charge is 0.335 e. The predicted octanol–water partition coefficient (Wildman–Crippen LogP) is -2.82. The third-order valence-electron chi connectivity index (χ3n) is 1.90. The summed E-state index contributed by atoms with van der Waals surface area (Å²) in [4.78, 5) is 19.5. The molecule has 1 aliphatic heterocycles. The van der Waals surface area contributed by atoms with E-state index in [1.54, 1.807) is 0 Å². The number of aliphatic hydroxyl groups excluding tert-OH is 2. The maximum atomic E-state index is 9.77. The number of carbonyl (C=O) groups is 2. The van der Waals surface area contributed by atoms with Gasteiger partial charge in [0, 0.05) is 12.6 Å². The predicted molar refractivity (Wildman–Crippen MR) is 52.7 cm³/mol. The quantitative estimate of drug-likeness (QED) is 0.307. The Balaban J connectivity index is 0.000000315. The zero-order valence-electron chi connectivity index (χ0n) is 8.54. The standard InChI is InChI=1S/C4H10N2.C4H6O6/c5-4-1-2-6-3-4;5-1(3(7)8)2(6)4(9)10/h4,6H,1-3,5H2;1-2,5-6H,(H,7,8)(H,9,10)/t;1-,2-/m.1/s1. The minimum Gasteiger partial charge on any atom is -0.479 e. The van der Waals surface area contributed by atoms with Crippen molar-refractivity contribution in [2.75, 3.05) is 13.1 Å². The first-order valence-electron chi connectivity index (χ1n) is 4.64. The highest BCUT2D eigenvalue weighted by atomic mass is 16.4. The Morgan fingerprint density at radius 1 is 1.19 bits per heavy atom. The van der Waals surface area contributed by atoms with Crippen LogP contribution in [0, 0.1) is 0 Å². The molecule has 0 radical (unpaired) electrons. The monoisotopic (exact) mass is 236 g/mol. The van der Waals surface area contributed by atoms with Gasteiger partial charge in [-0.2, -0.15) is 0 Å². The fourth-order valence-electron chi connectivity index (χ4n) is 0.947. The summed E-state index contributed by atoms with van der Waals surface area (Å²) in [6, 6.07) is 0.435. The SMILES string of the molecule is NC1CCNC1.O=C(O)[C@H](O)[C@@H](O)C(=O)O. The summed E-state index contributed by atoms with van der Waals surface area (Å²) < 4.78 is 0. The van der Waals surface area contributed by atoms with E-state index in [0.29, 0.717) is 6.04 Å². The third-order valence-corrected chi connectivity index (χ3v) is 1.90. The first kappa shape index (κ1) is 14.8. The van der Waals surface area contributed by atoms with E-state index in [2.05, 4.69) is 5.32 Å². The van der Waals surface area contributed by atoms with Crippen LogP contribution in [0.5, 0.6) is 0 Å². The van der Waals surface area contributed by atoms with E-state index in [0.717, 1.165) is 19.5 Å². The Bertz CT molecular complexity index is 223. The average molecular weight is 236 g/mol. The van der Waals surface area contributed by atoms with Crippen LogP contribution in [0.1, 0.15) is 6.42 Å². The highest BCUT2D eigenvalue weighted by molar-refractivity contribution is 5.83. The second-order valence-corrected chi connectivity index (χ2v) is 3.32. The highest BCUT2D eigenvalue weighted by Gasteiger charge is 2.29. The molecule has 0 amide bonds. The van der Waals surface area contributed by atoms with Crippen LogP contribution in [-0.2, 0) is 9.59 Å². The minimum absolute atomic E-state index is 0.435. The van der Waals surface area contributed by atoms with Gasteiger partial charge in [-0.3, -0.25) is 0 Å². The van der Waals surface area contributed by atoms with Crippen molar-refractivity contribution in [3.8, 4) is 0 Å². The summed E-state index contributed by atoms with van der Waals surface area (Å²) in [7, 11) is 0. The van der Waals surface area contributed by atoms with Gasteiger partial charge in [-0.25, -0.2) is 9.59 Å². The van der Waals surface area contributed by atoms with Crippen LogP contribution in [-0.4, -0.2) is 63.7 Å². The zero-order valence-corrected chi connectivity index (χ0v) is 8.54. The van der Waals surface area contributed by atoms with Crippen LogP contribution in [0.4, 0.5) is 0 Å². The summed E-state index contributed by atoms with van der Waals surface area (Å²) in [5.74, 6) is -3.54. The normalized spacial score (nSPS) is 22.8. The van der Waals surface area contributed by atoms with Crippen molar-refractivity contribution in [2.24, 2.45) is 5.73 Å². The number of carboxylic acid groups (broad SMARTS) is 2. The second kappa shape index (κ2) is 7.12. The molecule has 94 valence electrons. The molecule has 0 saturated carbocycles. The van der Waals surface area contributed by atoms with E-state index in [1.165, 1.54) is 0 Å². The van der Waals surface area contributed by atoms with Gasteiger partial charge in [0.2, 0.25) is 0 Å². The van der Waals surface area contributed by atoms with Crippen LogP contribution in [0.15, 0.2) is 0 Å². The molecule has 1 unspecified atom stereocenters. The highest BCUT2D eigenvalue weighted by Crippen LogP contribution is 1.92. The third kappa shape index (κ3) is 5.61. The molecule has 1 aliphatic rings. The van der Waals surface area contributed by atoms with E-state index in [4.69, 9.17) is 26.2 Å². The zero-order chi connectivity index (χ0) is 12.7. The molecule has 1 rings (SSSR count). The largest absolute Gasteiger partial charge is 0.479 e. The molecule has 0 spiro atoms. The molecule has 0 aromatic rings. The van der Waals surface area contributed by atoms with E-state index in [1.807, 2.05) is 0 Å². The van der Waals surface area contributed by atoms with E-state index >= 15 is 0 Å². The number of nitrogens with one attached hydrogen (secondary N) is 1. The van der Waals surface area contributed by atoms with E-state index < -0.39 is 24.1 Å². The summed E-state index contributed by atoms with van der Waals surface area (Å²) in [6.45, 7) is 2.13. The molecule has 0 aromatic carbocycles. The number of nitrogens with two attached hydrogens (primary N) is 1. The van der Waals surface area contributed by atoms with Crippen LogP contribution < -0.4 is 11.1 Å². The van der Waals surface area contributed by atoms with Crippen molar-refractivity contribution in [2.45, 2.75) is 24.7 Å². The molecule has 1 saturated heterocycles. The molecule has 16 heavy (non-hydrogen) atoms. The van der Waals surface area contributed by atoms with E-state index in [9.17, 15) is 9.59 Å². The number of hydrogen-bond donors (Lipinski definition) is 6. The topological polar surface area (TPSA) is 153 Å². The lowest BCUT2D eigenvalue weighted by Crippen LogP contribution is -2.39. The van der Waals surface area contributed by atoms with Gasteiger partial charge in [0.1, 0.15) is 0 Å². The van der Waals surface area contributed by atoms with Gasteiger partial charge in [-0.15, -0.1) is 0 Å². The van der Waals surface area contributed by atoms with Crippen molar-refractivity contribution in [3.63, 3.8) is 0 Å². The molecule has 1 heterocycles. The van der Waals surface area contributed by atoms with Crippen molar-refractivity contribution < 1.29 is 30.0 Å². The summed E-state index contributed by atoms with van der Waals surface area (Å²) in [6.07, 6.45) is -3.38. The number of aliphatic hydroxyl groups is 2. The fourth-order valence-corrected chi connectivity index (χ4v) is 0.947. The molecule has 0 aromatic heterocycles. The molecule has 7 N–H and O–H groups in total. The molecule has 0 bridgehead atoms. The summed E-state index contributed by atoms with van der Waals surface area (Å²) in [5.41, 5.74) is 5.47. The van der Waals surface area contributed by atoms with Crippen LogP contribution in [0.25, 0.3) is 0 Å². The van der Waals surface area contributed by atoms with Crippen LogP contribution >= 0.6 is 0 Å². The molecule has 1 fully saturated rings. The van der Waals surface area contributed by atoms with Crippen molar-refractivity contribution in [1.82, 2.24) is 5.32 Å². The van der Waals surface area contributed by atoms with Crippen LogP contribution in [0.2, 0.25) is 0 Å². The van der Waals surface area contributed by atoms with Gasteiger partial charge in [-0.1, -0.05) is 0 Å². The first-order valence-corrected chi connectivity index (χ1v) is 4.64. The van der Waals surface area contributed by atoms with E-state index in [-0.39, 0.29) is 0 Å². The molecule has 8 nitrogen and oxygen atoms in total. The van der Waals surface area contributed by atoms with Crippen molar-refractivity contribution in [1.29, 1.82) is 0 Å². The molecule has 3 atom stereocenters. The Morgan fingerprint density at radius 3 is 1.75 bits per heavy atom. The van der Waals surface area contributed by atoms with Crippen molar-refractivity contribution >= 4 is 11.9 Å². The fraction of sp³-hybridized carbons (Fsp3) is 0.750. The summed E-state index contributed by atoms with van der Waals surface area (Å²) in [5, 5.41) is 35.7. The number of rotatable bonds is 3. The Morgan fingerprint density at radius 2 is 1.62 bits per heavy atom. The van der Waals surface area contributed by atoms with Gasteiger partial charge in [-0.05, 0) is 13.0 Å². The van der Waals surface area contributed by atoms with Crippen LogP contribution in [0.3, 0.4) is 0 Å². The molecule has 8 heteroatoms. The van der Waals surface area contributed by atoms with Gasteiger partial charge >= 0.3 is 11.9 Å². The number of aliphatic carboxylic acids is 2. The maximum absolute atomic E-state index is 9.77. The number of carboxylic acids is 2. The first-order chi connectivity index (χ1) is 7.36.